The number of carbonyl (C=O) groups is 1. The van der Waals surface area contributed by atoms with Gasteiger partial charge in [-0.2, -0.15) is 0 Å². The lowest BCUT2D eigenvalue weighted by molar-refractivity contribution is -0.115. The van der Waals surface area contributed by atoms with Crippen LogP contribution in [0.2, 0.25) is 0 Å². The maximum Gasteiger partial charge on any atom is 0.228 e. The van der Waals surface area contributed by atoms with E-state index in [0.717, 1.165) is 11.1 Å². The van der Waals surface area contributed by atoms with E-state index in [0.29, 0.717) is 22.7 Å². The van der Waals surface area contributed by atoms with E-state index in [1.54, 1.807) is 49.4 Å². The SMILES string of the molecule is CCS(=O)(=O)c1ccc(CC(=O)Nc2ccc(Oc3cccc(F)c3)c(-c3ccccc3)c2)cc1. The highest BCUT2D eigenvalue weighted by Gasteiger charge is 2.13. The number of benzene rings is 4. The van der Waals surface area contributed by atoms with E-state index >= 15 is 0 Å². The minimum atomic E-state index is -3.29. The van der Waals surface area contributed by atoms with Gasteiger partial charge in [0, 0.05) is 17.3 Å². The molecule has 178 valence electrons. The van der Waals surface area contributed by atoms with Gasteiger partial charge in [0.05, 0.1) is 17.1 Å². The van der Waals surface area contributed by atoms with Gasteiger partial charge in [-0.15, -0.1) is 0 Å². The number of amides is 1. The average Bonchev–Trinajstić information content (AvgIpc) is 2.86. The smallest absolute Gasteiger partial charge is 0.228 e. The molecule has 0 unspecified atom stereocenters. The van der Waals surface area contributed by atoms with Gasteiger partial charge in [0.1, 0.15) is 17.3 Å². The van der Waals surface area contributed by atoms with Crippen LogP contribution in [0, 0.1) is 5.82 Å². The monoisotopic (exact) mass is 489 g/mol. The standard InChI is InChI=1S/C28H24FNO4S/c1-2-35(32,33)25-14-11-20(12-15-25)17-28(31)30-23-13-16-27(34-24-10-6-9-22(29)18-24)26(19-23)21-7-4-3-5-8-21/h3-16,18-19H,2,17H2,1H3,(H,30,31). The topological polar surface area (TPSA) is 72.5 Å². The first-order valence-corrected chi connectivity index (χ1v) is 12.7. The van der Waals surface area contributed by atoms with E-state index < -0.39 is 15.7 Å². The summed E-state index contributed by atoms with van der Waals surface area (Å²) in [5.74, 6) is 0.275. The zero-order valence-electron chi connectivity index (χ0n) is 19.1. The summed E-state index contributed by atoms with van der Waals surface area (Å²) in [6, 6.07) is 27.0. The van der Waals surface area contributed by atoms with Crippen molar-refractivity contribution in [2.75, 3.05) is 11.1 Å². The van der Waals surface area contributed by atoms with E-state index in [9.17, 15) is 17.6 Å². The summed E-state index contributed by atoms with van der Waals surface area (Å²) in [7, 11) is -3.29. The van der Waals surface area contributed by atoms with Crippen LogP contribution in [0.5, 0.6) is 11.5 Å². The minimum Gasteiger partial charge on any atom is -0.457 e. The Morgan fingerprint density at radius 2 is 1.63 bits per heavy atom. The number of rotatable bonds is 8. The molecular weight excluding hydrogens is 465 g/mol. The van der Waals surface area contributed by atoms with Gasteiger partial charge in [-0.3, -0.25) is 4.79 Å². The predicted octanol–water partition coefficient (Wildman–Crippen LogP) is 6.26. The largest absolute Gasteiger partial charge is 0.457 e. The van der Waals surface area contributed by atoms with E-state index in [4.69, 9.17) is 4.74 Å². The molecule has 0 heterocycles. The molecule has 0 aromatic heterocycles. The molecule has 0 saturated carbocycles. The Balaban J connectivity index is 1.54. The Morgan fingerprint density at radius 1 is 0.886 bits per heavy atom. The van der Waals surface area contributed by atoms with Crippen LogP contribution in [0.15, 0.2) is 102 Å². The number of ether oxygens (including phenoxy) is 1. The number of hydrogen-bond acceptors (Lipinski definition) is 4. The van der Waals surface area contributed by atoms with Crippen molar-refractivity contribution in [1.29, 1.82) is 0 Å². The number of nitrogens with one attached hydrogen (secondary N) is 1. The fourth-order valence-corrected chi connectivity index (χ4v) is 4.45. The molecule has 1 amide bonds. The van der Waals surface area contributed by atoms with Crippen molar-refractivity contribution in [3.05, 3.63) is 108 Å². The van der Waals surface area contributed by atoms with Gasteiger partial charge in [0.15, 0.2) is 9.84 Å². The van der Waals surface area contributed by atoms with E-state index in [1.165, 1.54) is 24.3 Å². The molecule has 5 nitrogen and oxygen atoms in total. The number of anilines is 1. The molecular formula is C28H24FNO4S. The first-order chi connectivity index (χ1) is 16.8. The normalized spacial score (nSPS) is 11.1. The van der Waals surface area contributed by atoms with E-state index in [2.05, 4.69) is 5.32 Å². The second kappa shape index (κ2) is 10.5. The molecule has 0 radical (unpaired) electrons. The van der Waals surface area contributed by atoms with Crippen LogP contribution in [0.25, 0.3) is 11.1 Å². The van der Waals surface area contributed by atoms with Gasteiger partial charge in [-0.05, 0) is 53.6 Å². The number of hydrogen-bond donors (Lipinski definition) is 1. The number of halogens is 1. The summed E-state index contributed by atoms with van der Waals surface area (Å²) >= 11 is 0. The van der Waals surface area contributed by atoms with Crippen LogP contribution in [0.3, 0.4) is 0 Å². The first-order valence-electron chi connectivity index (χ1n) is 11.1. The Labute approximate surface area is 204 Å². The molecule has 0 saturated heterocycles. The molecule has 35 heavy (non-hydrogen) atoms. The summed E-state index contributed by atoms with van der Waals surface area (Å²) in [4.78, 5) is 12.9. The van der Waals surface area contributed by atoms with Crippen molar-refractivity contribution in [2.24, 2.45) is 0 Å². The molecule has 0 aliphatic heterocycles. The number of carbonyl (C=O) groups excluding carboxylic acids is 1. The molecule has 0 aliphatic carbocycles. The summed E-state index contributed by atoms with van der Waals surface area (Å²) < 4.78 is 43.5. The van der Waals surface area contributed by atoms with Crippen LogP contribution in [0.1, 0.15) is 12.5 Å². The first kappa shape index (κ1) is 24.2. The second-order valence-electron chi connectivity index (χ2n) is 7.91. The van der Waals surface area contributed by atoms with Gasteiger partial charge < -0.3 is 10.1 Å². The van der Waals surface area contributed by atoms with Crippen molar-refractivity contribution in [3.8, 4) is 22.6 Å². The van der Waals surface area contributed by atoms with Crippen molar-refractivity contribution in [2.45, 2.75) is 18.2 Å². The van der Waals surface area contributed by atoms with Gasteiger partial charge in [0.2, 0.25) is 5.91 Å². The summed E-state index contributed by atoms with van der Waals surface area (Å²) in [5.41, 5.74) is 2.89. The van der Waals surface area contributed by atoms with Crippen LogP contribution in [-0.2, 0) is 21.1 Å². The van der Waals surface area contributed by atoms with Crippen LogP contribution in [0.4, 0.5) is 10.1 Å². The van der Waals surface area contributed by atoms with Crippen molar-refractivity contribution in [1.82, 2.24) is 0 Å². The quantitative estimate of drug-likeness (QED) is 0.317. The lowest BCUT2D eigenvalue weighted by Gasteiger charge is -2.14. The fraction of sp³-hybridized carbons (Fsp3) is 0.107. The summed E-state index contributed by atoms with van der Waals surface area (Å²) in [5, 5.41) is 2.88. The van der Waals surface area contributed by atoms with Gasteiger partial charge in [-0.1, -0.05) is 55.5 Å². The third-order valence-electron chi connectivity index (χ3n) is 5.40. The van der Waals surface area contributed by atoms with Crippen molar-refractivity contribution in [3.63, 3.8) is 0 Å². The molecule has 0 aliphatic rings. The fourth-order valence-electron chi connectivity index (χ4n) is 3.57. The van der Waals surface area contributed by atoms with Gasteiger partial charge in [0.25, 0.3) is 0 Å². The molecule has 1 N–H and O–H groups in total. The van der Waals surface area contributed by atoms with Crippen LogP contribution in [-0.4, -0.2) is 20.1 Å². The Morgan fingerprint density at radius 3 is 2.31 bits per heavy atom. The molecule has 0 spiro atoms. The summed E-state index contributed by atoms with van der Waals surface area (Å²) in [6.07, 6.45) is 0.0919. The minimum absolute atomic E-state index is 0.0233. The zero-order chi connectivity index (χ0) is 24.8. The Bertz CT molecular complexity index is 1440. The molecule has 0 fully saturated rings. The van der Waals surface area contributed by atoms with Gasteiger partial charge in [-0.25, -0.2) is 12.8 Å². The molecule has 4 rings (SSSR count). The lowest BCUT2D eigenvalue weighted by atomic mass is 10.0. The van der Waals surface area contributed by atoms with Crippen LogP contribution < -0.4 is 10.1 Å². The number of sulfone groups is 1. The summed E-state index contributed by atoms with van der Waals surface area (Å²) in [6.45, 7) is 1.59. The molecule has 4 aromatic rings. The highest BCUT2D eigenvalue weighted by Crippen LogP contribution is 2.35. The Hall–Kier alpha value is -3.97. The molecule has 0 atom stereocenters. The molecule has 0 bridgehead atoms. The third-order valence-corrected chi connectivity index (χ3v) is 7.15. The lowest BCUT2D eigenvalue weighted by Crippen LogP contribution is -2.14. The maximum atomic E-state index is 13.6. The highest BCUT2D eigenvalue weighted by molar-refractivity contribution is 7.91. The zero-order valence-corrected chi connectivity index (χ0v) is 19.9. The maximum absolute atomic E-state index is 13.6. The van der Waals surface area contributed by atoms with Crippen molar-refractivity contribution < 1.29 is 22.3 Å². The van der Waals surface area contributed by atoms with E-state index in [1.807, 2.05) is 30.3 Å². The van der Waals surface area contributed by atoms with Crippen LogP contribution >= 0.6 is 0 Å². The van der Waals surface area contributed by atoms with E-state index in [-0.39, 0.29) is 23.0 Å². The molecule has 4 aromatic carbocycles. The predicted molar refractivity (Wildman–Crippen MR) is 135 cm³/mol. The highest BCUT2D eigenvalue weighted by atomic mass is 32.2. The average molecular weight is 490 g/mol. The Kier molecular flexibility index (Phi) is 7.27. The second-order valence-corrected chi connectivity index (χ2v) is 10.2. The third kappa shape index (κ3) is 6.13. The van der Waals surface area contributed by atoms with Gasteiger partial charge >= 0.3 is 0 Å². The van der Waals surface area contributed by atoms with Crippen molar-refractivity contribution >= 4 is 21.4 Å². The molecule has 7 heteroatoms.